The van der Waals surface area contributed by atoms with Crippen molar-refractivity contribution in [1.29, 1.82) is 0 Å². The number of nitrogens with two attached hydrogens (primary N) is 1. The minimum atomic E-state index is 0.203. The Morgan fingerprint density at radius 3 is 2.52 bits per heavy atom. The molecule has 6 nitrogen and oxygen atoms in total. The van der Waals surface area contributed by atoms with Gasteiger partial charge in [0, 0.05) is 10.9 Å². The number of hydrogen-bond donors (Lipinski definition) is 2. The van der Waals surface area contributed by atoms with Crippen molar-refractivity contribution in [3.8, 4) is 17.1 Å². The van der Waals surface area contributed by atoms with Crippen molar-refractivity contribution in [1.82, 2.24) is 19.6 Å². The van der Waals surface area contributed by atoms with E-state index in [1.807, 2.05) is 24.3 Å². The quantitative estimate of drug-likeness (QED) is 0.557. The summed E-state index contributed by atoms with van der Waals surface area (Å²) in [6, 6.07) is 14.4. The monoisotopic (exact) mass is 277 g/mol. The summed E-state index contributed by atoms with van der Waals surface area (Å²) >= 11 is 0. The highest BCUT2D eigenvalue weighted by Gasteiger charge is 2.12. The van der Waals surface area contributed by atoms with E-state index in [1.165, 1.54) is 4.52 Å². The molecular weight excluding hydrogens is 266 g/mol. The number of para-hydroxylation sites is 1. The number of benzene rings is 2. The molecule has 2 aromatic carbocycles. The largest absolute Gasteiger partial charge is 0.508 e. The highest BCUT2D eigenvalue weighted by atomic mass is 16.3. The van der Waals surface area contributed by atoms with E-state index in [2.05, 4.69) is 15.1 Å². The number of nitrogens with zero attached hydrogens (tertiary/aromatic N) is 4. The van der Waals surface area contributed by atoms with Crippen LogP contribution in [-0.2, 0) is 0 Å². The lowest BCUT2D eigenvalue weighted by atomic mass is 10.2. The maximum absolute atomic E-state index is 9.35. The molecule has 3 N–H and O–H groups in total. The summed E-state index contributed by atoms with van der Waals surface area (Å²) in [6.07, 6.45) is 0. The predicted octanol–water partition coefficient (Wildman–Crippen LogP) is 2.23. The first kappa shape index (κ1) is 11.7. The molecule has 6 heteroatoms. The van der Waals surface area contributed by atoms with Gasteiger partial charge in [-0.25, -0.2) is 9.97 Å². The van der Waals surface area contributed by atoms with Gasteiger partial charge in [0.15, 0.2) is 11.5 Å². The number of phenols is 1. The predicted molar refractivity (Wildman–Crippen MR) is 79.8 cm³/mol. The molecule has 102 valence electrons. The molecule has 2 aromatic heterocycles. The fourth-order valence-electron chi connectivity index (χ4n) is 2.31. The van der Waals surface area contributed by atoms with Gasteiger partial charge in [-0.05, 0) is 36.4 Å². The molecule has 0 aliphatic carbocycles. The molecule has 0 aliphatic rings. The van der Waals surface area contributed by atoms with Gasteiger partial charge in [0.25, 0.3) is 0 Å². The molecule has 0 saturated carbocycles. The third kappa shape index (κ3) is 1.77. The summed E-state index contributed by atoms with van der Waals surface area (Å²) in [5.41, 5.74) is 8.20. The van der Waals surface area contributed by atoms with E-state index in [0.29, 0.717) is 17.4 Å². The maximum Gasteiger partial charge on any atom is 0.223 e. The van der Waals surface area contributed by atoms with Crippen molar-refractivity contribution in [3.05, 3.63) is 48.5 Å². The lowest BCUT2D eigenvalue weighted by Gasteiger charge is -2.00. The third-order valence-electron chi connectivity index (χ3n) is 3.33. The van der Waals surface area contributed by atoms with Gasteiger partial charge < -0.3 is 10.8 Å². The standard InChI is InChI=1S/C15H11N5O/c16-15-17-12-4-2-1-3-11(12)14-18-13(19-20(14)15)9-5-7-10(21)8-6-9/h1-8,21H,(H2,16,17). The van der Waals surface area contributed by atoms with Gasteiger partial charge in [-0.1, -0.05) is 12.1 Å². The van der Waals surface area contributed by atoms with Crippen LogP contribution in [0.15, 0.2) is 48.5 Å². The molecule has 0 spiro atoms. The summed E-state index contributed by atoms with van der Waals surface area (Å²) < 4.78 is 1.53. The summed E-state index contributed by atoms with van der Waals surface area (Å²) in [5, 5.41) is 14.6. The molecule has 0 aliphatic heterocycles. The Labute approximate surface area is 119 Å². The number of rotatable bonds is 1. The maximum atomic E-state index is 9.35. The van der Waals surface area contributed by atoms with E-state index in [-0.39, 0.29) is 5.75 Å². The summed E-state index contributed by atoms with van der Waals surface area (Å²) in [5.74, 6) is 1.04. The second kappa shape index (κ2) is 4.17. The number of nitrogen functional groups attached to an aromatic ring is 1. The Balaban J connectivity index is 2.03. The van der Waals surface area contributed by atoms with E-state index in [0.717, 1.165) is 16.5 Å². The van der Waals surface area contributed by atoms with Crippen molar-refractivity contribution in [2.75, 3.05) is 5.73 Å². The average Bonchev–Trinajstić information content (AvgIpc) is 2.94. The molecule has 21 heavy (non-hydrogen) atoms. The molecular formula is C15H11N5O. The molecule has 0 atom stereocenters. The number of aromatic nitrogens is 4. The van der Waals surface area contributed by atoms with Gasteiger partial charge in [-0.2, -0.15) is 4.52 Å². The average molecular weight is 277 g/mol. The molecule has 0 saturated heterocycles. The molecule has 0 amide bonds. The van der Waals surface area contributed by atoms with Crippen LogP contribution >= 0.6 is 0 Å². The normalized spacial score (nSPS) is 11.2. The van der Waals surface area contributed by atoms with Crippen molar-refractivity contribution in [2.45, 2.75) is 0 Å². The molecule has 2 heterocycles. The number of phenolic OH excluding ortho intramolecular Hbond substituents is 1. The molecule has 0 radical (unpaired) electrons. The topological polar surface area (TPSA) is 89.3 Å². The molecule has 0 bridgehead atoms. The van der Waals surface area contributed by atoms with Crippen LogP contribution in [0.2, 0.25) is 0 Å². The van der Waals surface area contributed by atoms with Crippen LogP contribution in [-0.4, -0.2) is 24.7 Å². The number of aromatic hydroxyl groups is 1. The minimum absolute atomic E-state index is 0.203. The van der Waals surface area contributed by atoms with Gasteiger partial charge in [0.1, 0.15) is 5.75 Å². The highest BCUT2D eigenvalue weighted by Crippen LogP contribution is 2.24. The fraction of sp³-hybridized carbons (Fsp3) is 0. The van der Waals surface area contributed by atoms with E-state index in [4.69, 9.17) is 5.73 Å². The first-order valence-electron chi connectivity index (χ1n) is 6.43. The lowest BCUT2D eigenvalue weighted by molar-refractivity contribution is 0.475. The zero-order valence-electron chi connectivity index (χ0n) is 10.9. The molecule has 0 fully saturated rings. The van der Waals surface area contributed by atoms with Gasteiger partial charge in [0.05, 0.1) is 5.52 Å². The second-order valence-electron chi connectivity index (χ2n) is 4.70. The second-order valence-corrected chi connectivity index (χ2v) is 4.70. The first-order chi connectivity index (χ1) is 10.2. The van der Waals surface area contributed by atoms with Crippen molar-refractivity contribution >= 4 is 22.5 Å². The van der Waals surface area contributed by atoms with Crippen LogP contribution in [0.5, 0.6) is 5.75 Å². The third-order valence-corrected chi connectivity index (χ3v) is 3.33. The highest BCUT2D eigenvalue weighted by molar-refractivity contribution is 5.92. The number of fused-ring (bicyclic) bond motifs is 3. The van der Waals surface area contributed by atoms with Crippen molar-refractivity contribution < 1.29 is 5.11 Å². The van der Waals surface area contributed by atoms with E-state index in [1.54, 1.807) is 24.3 Å². The van der Waals surface area contributed by atoms with Crippen LogP contribution in [0.3, 0.4) is 0 Å². The number of anilines is 1. The van der Waals surface area contributed by atoms with Crippen LogP contribution in [0.25, 0.3) is 27.9 Å². The Kier molecular flexibility index (Phi) is 2.32. The molecule has 4 aromatic rings. The van der Waals surface area contributed by atoms with Crippen molar-refractivity contribution in [2.24, 2.45) is 0 Å². The van der Waals surface area contributed by atoms with E-state index in [9.17, 15) is 5.11 Å². The minimum Gasteiger partial charge on any atom is -0.508 e. The lowest BCUT2D eigenvalue weighted by Crippen LogP contribution is -2.02. The van der Waals surface area contributed by atoms with Crippen LogP contribution < -0.4 is 5.73 Å². The van der Waals surface area contributed by atoms with Crippen LogP contribution in [0.4, 0.5) is 5.95 Å². The fourth-order valence-corrected chi connectivity index (χ4v) is 2.31. The van der Waals surface area contributed by atoms with Gasteiger partial charge in [-0.3, -0.25) is 0 Å². The molecule has 4 rings (SSSR count). The summed E-state index contributed by atoms with van der Waals surface area (Å²) in [7, 11) is 0. The van der Waals surface area contributed by atoms with E-state index < -0.39 is 0 Å². The van der Waals surface area contributed by atoms with Crippen molar-refractivity contribution in [3.63, 3.8) is 0 Å². The zero-order chi connectivity index (χ0) is 14.4. The Hall–Kier alpha value is -3.15. The number of hydrogen-bond acceptors (Lipinski definition) is 5. The van der Waals surface area contributed by atoms with E-state index >= 15 is 0 Å². The summed E-state index contributed by atoms with van der Waals surface area (Å²) in [4.78, 5) is 8.87. The smallest absolute Gasteiger partial charge is 0.223 e. The van der Waals surface area contributed by atoms with Crippen LogP contribution in [0, 0.1) is 0 Å². The zero-order valence-corrected chi connectivity index (χ0v) is 10.9. The van der Waals surface area contributed by atoms with Crippen LogP contribution in [0.1, 0.15) is 0 Å². The Morgan fingerprint density at radius 2 is 1.71 bits per heavy atom. The van der Waals surface area contributed by atoms with Gasteiger partial charge in [0.2, 0.25) is 5.95 Å². The Morgan fingerprint density at radius 1 is 0.952 bits per heavy atom. The molecule has 0 unspecified atom stereocenters. The summed E-state index contributed by atoms with van der Waals surface area (Å²) in [6.45, 7) is 0. The SMILES string of the molecule is Nc1nc2ccccc2c2nc(-c3ccc(O)cc3)nn12. The van der Waals surface area contributed by atoms with Gasteiger partial charge in [-0.15, -0.1) is 5.10 Å². The first-order valence-corrected chi connectivity index (χ1v) is 6.43. The Bertz CT molecular complexity index is 959. The van der Waals surface area contributed by atoms with Gasteiger partial charge >= 0.3 is 0 Å².